The van der Waals surface area contributed by atoms with E-state index in [1.54, 1.807) is 0 Å². The van der Waals surface area contributed by atoms with Crippen LogP contribution in [0, 0.1) is 17.8 Å². The zero-order chi connectivity index (χ0) is 13.3. The molecule has 1 aliphatic heterocycles. The van der Waals surface area contributed by atoms with Gasteiger partial charge in [0.05, 0.1) is 12.2 Å². The van der Waals surface area contributed by atoms with Crippen molar-refractivity contribution in [1.29, 1.82) is 0 Å². The molecule has 104 valence electrons. The Morgan fingerprint density at radius 3 is 2.61 bits per heavy atom. The fourth-order valence-electron chi connectivity index (χ4n) is 3.52. The van der Waals surface area contributed by atoms with E-state index in [0.29, 0.717) is 11.8 Å². The number of rotatable bonds is 4. The van der Waals surface area contributed by atoms with Crippen LogP contribution in [-0.4, -0.2) is 29.6 Å². The lowest BCUT2D eigenvalue weighted by molar-refractivity contribution is -0.131. The summed E-state index contributed by atoms with van der Waals surface area (Å²) in [7, 11) is 0. The van der Waals surface area contributed by atoms with E-state index in [9.17, 15) is 4.79 Å². The lowest BCUT2D eigenvalue weighted by atomic mass is 10.0. The van der Waals surface area contributed by atoms with E-state index in [1.165, 1.54) is 19.3 Å². The maximum atomic E-state index is 12.4. The Morgan fingerprint density at radius 2 is 2.11 bits per heavy atom. The highest BCUT2D eigenvalue weighted by Gasteiger charge is 2.40. The molecule has 0 aromatic rings. The van der Waals surface area contributed by atoms with Crippen LogP contribution in [0.5, 0.6) is 0 Å². The summed E-state index contributed by atoms with van der Waals surface area (Å²) in [6.07, 6.45) is 5.08. The first-order valence-corrected chi connectivity index (χ1v) is 7.59. The van der Waals surface area contributed by atoms with Gasteiger partial charge in [0.1, 0.15) is 0 Å². The molecule has 0 bridgehead atoms. The zero-order valence-corrected chi connectivity index (χ0v) is 12.3. The quantitative estimate of drug-likeness (QED) is 0.834. The fraction of sp³-hybridized carbons (Fsp3) is 0.933. The van der Waals surface area contributed by atoms with E-state index in [-0.39, 0.29) is 12.2 Å². The third kappa shape index (κ3) is 2.71. The summed E-state index contributed by atoms with van der Waals surface area (Å²) in [5.74, 6) is 2.39. The minimum Gasteiger partial charge on any atom is -0.325 e. The van der Waals surface area contributed by atoms with Crippen LogP contribution in [0.3, 0.4) is 0 Å². The van der Waals surface area contributed by atoms with Crippen molar-refractivity contribution < 1.29 is 4.79 Å². The third-order valence-corrected chi connectivity index (χ3v) is 4.59. The van der Waals surface area contributed by atoms with Gasteiger partial charge in [0.2, 0.25) is 5.91 Å². The summed E-state index contributed by atoms with van der Waals surface area (Å²) < 4.78 is 0. The number of hydrogen-bond acceptors (Lipinski definition) is 2. The average molecular weight is 252 g/mol. The van der Waals surface area contributed by atoms with Gasteiger partial charge in [-0.05, 0) is 37.0 Å². The molecule has 0 spiro atoms. The molecule has 4 unspecified atom stereocenters. The second-order valence-electron chi connectivity index (χ2n) is 6.59. The summed E-state index contributed by atoms with van der Waals surface area (Å²) in [5.41, 5.74) is 0. The lowest BCUT2D eigenvalue weighted by Gasteiger charge is -2.29. The van der Waals surface area contributed by atoms with Gasteiger partial charge >= 0.3 is 0 Å². The van der Waals surface area contributed by atoms with E-state index in [1.807, 2.05) is 0 Å². The molecular weight excluding hydrogens is 224 g/mol. The highest BCUT2D eigenvalue weighted by molar-refractivity contribution is 5.84. The Labute approximate surface area is 111 Å². The van der Waals surface area contributed by atoms with Crippen LogP contribution in [0.25, 0.3) is 0 Å². The number of nitrogens with zero attached hydrogens (tertiary/aromatic N) is 1. The Kier molecular flexibility index (Phi) is 4.31. The van der Waals surface area contributed by atoms with Crippen LogP contribution >= 0.6 is 0 Å². The molecule has 0 radical (unpaired) electrons. The first-order valence-electron chi connectivity index (χ1n) is 7.59. The van der Waals surface area contributed by atoms with Crippen molar-refractivity contribution in [2.45, 2.75) is 65.6 Å². The van der Waals surface area contributed by atoms with Crippen molar-refractivity contribution in [2.75, 3.05) is 6.54 Å². The molecule has 1 aliphatic carbocycles. The number of carbonyl (C=O) groups excluding carboxylic acids is 1. The van der Waals surface area contributed by atoms with Gasteiger partial charge in [-0.15, -0.1) is 0 Å². The molecule has 1 saturated carbocycles. The summed E-state index contributed by atoms with van der Waals surface area (Å²) in [5, 5.41) is 3.50. The third-order valence-electron chi connectivity index (χ3n) is 4.59. The fourth-order valence-corrected chi connectivity index (χ4v) is 3.52. The van der Waals surface area contributed by atoms with Crippen molar-refractivity contribution in [1.82, 2.24) is 10.2 Å². The monoisotopic (exact) mass is 252 g/mol. The Balaban J connectivity index is 2.01. The van der Waals surface area contributed by atoms with Crippen molar-refractivity contribution in [2.24, 2.45) is 17.8 Å². The second kappa shape index (κ2) is 5.60. The molecule has 2 fully saturated rings. The zero-order valence-electron chi connectivity index (χ0n) is 12.3. The van der Waals surface area contributed by atoms with Crippen molar-refractivity contribution >= 4 is 5.91 Å². The number of nitrogens with one attached hydrogen (secondary N) is 1. The normalized spacial score (nSPS) is 36.9. The molecule has 0 aromatic heterocycles. The predicted molar refractivity (Wildman–Crippen MR) is 74.1 cm³/mol. The number of hydrogen-bond donors (Lipinski definition) is 1. The first-order chi connectivity index (χ1) is 8.52. The van der Waals surface area contributed by atoms with Gasteiger partial charge in [-0.2, -0.15) is 0 Å². The van der Waals surface area contributed by atoms with Gasteiger partial charge in [0.25, 0.3) is 0 Å². The maximum Gasteiger partial charge on any atom is 0.241 e. The molecule has 1 N–H and O–H groups in total. The van der Waals surface area contributed by atoms with Gasteiger partial charge in [0.15, 0.2) is 0 Å². The molecule has 18 heavy (non-hydrogen) atoms. The second-order valence-corrected chi connectivity index (χ2v) is 6.59. The number of carbonyl (C=O) groups is 1. The maximum absolute atomic E-state index is 12.4. The Bertz CT molecular complexity index is 303. The molecule has 1 saturated heterocycles. The molecule has 4 atom stereocenters. The van der Waals surface area contributed by atoms with E-state index < -0.39 is 0 Å². The molecule has 2 aliphatic rings. The van der Waals surface area contributed by atoms with Gasteiger partial charge in [-0.25, -0.2) is 0 Å². The molecular formula is C15H28N2O. The van der Waals surface area contributed by atoms with Crippen LogP contribution in [0.4, 0.5) is 0 Å². The van der Waals surface area contributed by atoms with Gasteiger partial charge in [-0.3, -0.25) is 10.1 Å². The highest BCUT2D eigenvalue weighted by Crippen LogP contribution is 2.32. The molecule has 3 nitrogen and oxygen atoms in total. The minimum absolute atomic E-state index is 0.0521. The van der Waals surface area contributed by atoms with E-state index in [2.05, 4.69) is 37.9 Å². The average Bonchev–Trinajstić information content (AvgIpc) is 2.85. The Morgan fingerprint density at radius 1 is 1.39 bits per heavy atom. The SMILES string of the molecule is CCC1NC(C(C)C)N(CC2CCC(C)C2)C1=O. The van der Waals surface area contributed by atoms with Gasteiger partial charge in [-0.1, -0.05) is 34.1 Å². The van der Waals surface area contributed by atoms with Crippen LogP contribution in [0.15, 0.2) is 0 Å². The standard InChI is InChI=1S/C15H28N2O/c1-5-13-15(18)17(14(16-13)10(2)3)9-12-7-6-11(4)8-12/h10-14,16H,5-9H2,1-4H3. The molecule has 2 rings (SSSR count). The van der Waals surface area contributed by atoms with E-state index in [0.717, 1.165) is 24.8 Å². The summed E-state index contributed by atoms with van der Waals surface area (Å²) in [4.78, 5) is 14.5. The largest absolute Gasteiger partial charge is 0.325 e. The van der Waals surface area contributed by atoms with Crippen LogP contribution < -0.4 is 5.32 Å². The molecule has 1 heterocycles. The Hall–Kier alpha value is -0.570. The lowest BCUT2D eigenvalue weighted by Crippen LogP contribution is -2.43. The van der Waals surface area contributed by atoms with E-state index in [4.69, 9.17) is 0 Å². The van der Waals surface area contributed by atoms with Crippen LogP contribution in [0.1, 0.15) is 53.4 Å². The minimum atomic E-state index is 0.0521. The van der Waals surface area contributed by atoms with Gasteiger partial charge < -0.3 is 4.90 Å². The van der Waals surface area contributed by atoms with E-state index >= 15 is 0 Å². The number of amides is 1. The van der Waals surface area contributed by atoms with Crippen LogP contribution in [-0.2, 0) is 4.79 Å². The molecule has 1 amide bonds. The highest BCUT2D eigenvalue weighted by atomic mass is 16.2. The van der Waals surface area contributed by atoms with Gasteiger partial charge in [0, 0.05) is 6.54 Å². The predicted octanol–water partition coefficient (Wildman–Crippen LogP) is 2.62. The first kappa shape index (κ1) is 13.9. The summed E-state index contributed by atoms with van der Waals surface area (Å²) in [6, 6.07) is 0.0521. The molecule has 3 heteroatoms. The molecule has 0 aromatic carbocycles. The summed E-state index contributed by atoms with van der Waals surface area (Å²) >= 11 is 0. The van der Waals surface area contributed by atoms with Crippen LogP contribution in [0.2, 0.25) is 0 Å². The topological polar surface area (TPSA) is 32.3 Å². The summed E-state index contributed by atoms with van der Waals surface area (Å²) in [6.45, 7) is 9.79. The van der Waals surface area contributed by atoms with Crippen molar-refractivity contribution in [3.63, 3.8) is 0 Å². The smallest absolute Gasteiger partial charge is 0.241 e. The van der Waals surface area contributed by atoms with Crippen molar-refractivity contribution in [3.8, 4) is 0 Å². The van der Waals surface area contributed by atoms with Crippen molar-refractivity contribution in [3.05, 3.63) is 0 Å².